The van der Waals surface area contributed by atoms with Crippen LogP contribution in [0.15, 0.2) is 18.2 Å². The van der Waals surface area contributed by atoms with Crippen LogP contribution in [0.3, 0.4) is 0 Å². The van der Waals surface area contributed by atoms with Gasteiger partial charge in [-0.25, -0.2) is 0 Å². The van der Waals surface area contributed by atoms with E-state index in [1.807, 2.05) is 6.92 Å². The molecule has 0 bridgehead atoms. The zero-order chi connectivity index (χ0) is 15.2. The maximum absolute atomic E-state index is 5.91. The molecule has 1 fully saturated rings. The lowest BCUT2D eigenvalue weighted by Crippen LogP contribution is -2.49. The second kappa shape index (κ2) is 7.78. The first-order chi connectivity index (χ1) is 10.1. The zero-order valence-corrected chi connectivity index (χ0v) is 13.5. The number of nitrogens with two attached hydrogens (primary N) is 1. The number of rotatable bonds is 6. The number of hydrogen-bond donors (Lipinski definition) is 1. The Bertz CT molecular complexity index is 448. The van der Waals surface area contributed by atoms with Crippen LogP contribution >= 0.6 is 0 Å². The average Bonchev–Trinajstić information content (AvgIpc) is 2.47. The van der Waals surface area contributed by atoms with Crippen LogP contribution in [0, 0.1) is 13.8 Å². The van der Waals surface area contributed by atoms with E-state index < -0.39 is 0 Å². The fourth-order valence-corrected chi connectivity index (χ4v) is 2.59. The van der Waals surface area contributed by atoms with E-state index in [4.69, 9.17) is 15.2 Å². The topological polar surface area (TPSA) is 47.7 Å². The highest BCUT2D eigenvalue weighted by atomic mass is 16.5. The van der Waals surface area contributed by atoms with Crippen molar-refractivity contribution in [3.8, 4) is 5.75 Å². The van der Waals surface area contributed by atoms with Crippen LogP contribution in [0.5, 0.6) is 5.75 Å². The summed E-state index contributed by atoms with van der Waals surface area (Å²) >= 11 is 0. The third kappa shape index (κ3) is 4.99. The molecular weight excluding hydrogens is 264 g/mol. The Balaban J connectivity index is 1.71. The first kappa shape index (κ1) is 16.3. The molecule has 1 saturated heterocycles. The highest BCUT2D eigenvalue weighted by Crippen LogP contribution is 2.19. The van der Waals surface area contributed by atoms with Gasteiger partial charge in [0.25, 0.3) is 0 Å². The van der Waals surface area contributed by atoms with E-state index in [0.29, 0.717) is 0 Å². The van der Waals surface area contributed by atoms with Gasteiger partial charge < -0.3 is 15.2 Å². The summed E-state index contributed by atoms with van der Waals surface area (Å²) in [6.07, 6.45) is 1.19. The van der Waals surface area contributed by atoms with Crippen LogP contribution in [-0.4, -0.2) is 49.9 Å². The van der Waals surface area contributed by atoms with Crippen LogP contribution in [0.1, 0.15) is 24.5 Å². The van der Waals surface area contributed by atoms with Gasteiger partial charge in [0.05, 0.1) is 19.3 Å². The Morgan fingerprint density at radius 1 is 1.43 bits per heavy atom. The SMILES string of the molecule is Cc1ccc(C)c(OCCCN2CCOC(C(C)N)C2)c1. The van der Waals surface area contributed by atoms with Gasteiger partial charge in [0.2, 0.25) is 0 Å². The van der Waals surface area contributed by atoms with Gasteiger partial charge in [0.1, 0.15) is 5.75 Å². The molecule has 2 unspecified atom stereocenters. The zero-order valence-electron chi connectivity index (χ0n) is 13.5. The summed E-state index contributed by atoms with van der Waals surface area (Å²) in [6, 6.07) is 6.43. The molecule has 1 heterocycles. The third-order valence-corrected chi connectivity index (χ3v) is 3.98. The maximum atomic E-state index is 5.91. The Labute approximate surface area is 128 Å². The van der Waals surface area contributed by atoms with Gasteiger partial charge in [-0.3, -0.25) is 4.90 Å². The van der Waals surface area contributed by atoms with Crippen molar-refractivity contribution in [1.82, 2.24) is 4.90 Å². The van der Waals surface area contributed by atoms with Gasteiger partial charge in [0.15, 0.2) is 0 Å². The summed E-state index contributed by atoms with van der Waals surface area (Å²) in [4.78, 5) is 2.42. The van der Waals surface area contributed by atoms with E-state index in [2.05, 4.69) is 36.9 Å². The smallest absolute Gasteiger partial charge is 0.122 e. The number of ether oxygens (including phenoxy) is 2. The maximum Gasteiger partial charge on any atom is 0.122 e. The average molecular weight is 292 g/mol. The monoisotopic (exact) mass is 292 g/mol. The van der Waals surface area contributed by atoms with Crippen LogP contribution in [0.25, 0.3) is 0 Å². The summed E-state index contributed by atoms with van der Waals surface area (Å²) in [7, 11) is 0. The van der Waals surface area contributed by atoms with Crippen LogP contribution in [0.2, 0.25) is 0 Å². The minimum absolute atomic E-state index is 0.0963. The fraction of sp³-hybridized carbons (Fsp3) is 0.647. The molecule has 1 aliphatic heterocycles. The first-order valence-electron chi connectivity index (χ1n) is 7.86. The largest absolute Gasteiger partial charge is 0.493 e. The molecule has 1 aliphatic rings. The number of hydrogen-bond acceptors (Lipinski definition) is 4. The van der Waals surface area contributed by atoms with E-state index in [1.54, 1.807) is 0 Å². The normalized spacial score (nSPS) is 21.2. The molecule has 2 rings (SSSR count). The van der Waals surface area contributed by atoms with Crippen molar-refractivity contribution in [3.05, 3.63) is 29.3 Å². The van der Waals surface area contributed by atoms with Crippen LogP contribution in [0.4, 0.5) is 0 Å². The predicted octanol–water partition coefficient (Wildman–Crippen LogP) is 2.12. The van der Waals surface area contributed by atoms with E-state index in [0.717, 1.165) is 45.0 Å². The van der Waals surface area contributed by atoms with Crippen molar-refractivity contribution < 1.29 is 9.47 Å². The Hall–Kier alpha value is -1.10. The lowest BCUT2D eigenvalue weighted by atomic mass is 10.1. The highest BCUT2D eigenvalue weighted by Gasteiger charge is 2.22. The van der Waals surface area contributed by atoms with Gasteiger partial charge in [-0.05, 0) is 44.4 Å². The molecule has 21 heavy (non-hydrogen) atoms. The molecule has 0 radical (unpaired) electrons. The molecule has 0 saturated carbocycles. The molecule has 0 spiro atoms. The lowest BCUT2D eigenvalue weighted by molar-refractivity contribution is -0.0385. The molecule has 4 nitrogen and oxygen atoms in total. The van der Waals surface area contributed by atoms with Gasteiger partial charge in [-0.15, -0.1) is 0 Å². The number of morpholine rings is 1. The number of aryl methyl sites for hydroxylation is 2. The van der Waals surface area contributed by atoms with E-state index in [-0.39, 0.29) is 12.1 Å². The molecule has 0 aliphatic carbocycles. The molecule has 118 valence electrons. The standard InChI is InChI=1S/C17H28N2O2/c1-13-5-6-14(2)16(11-13)20-9-4-7-19-8-10-21-17(12-19)15(3)18/h5-6,11,15,17H,4,7-10,12,18H2,1-3H3. The number of nitrogens with zero attached hydrogens (tertiary/aromatic N) is 1. The Kier molecular flexibility index (Phi) is 6.03. The van der Waals surface area contributed by atoms with Crippen molar-refractivity contribution in [1.29, 1.82) is 0 Å². The summed E-state index contributed by atoms with van der Waals surface area (Å²) in [5, 5.41) is 0. The fourth-order valence-electron chi connectivity index (χ4n) is 2.59. The predicted molar refractivity (Wildman–Crippen MR) is 85.9 cm³/mol. The first-order valence-corrected chi connectivity index (χ1v) is 7.86. The third-order valence-electron chi connectivity index (χ3n) is 3.98. The molecule has 1 aromatic rings. The Morgan fingerprint density at radius 3 is 3.00 bits per heavy atom. The van der Waals surface area contributed by atoms with Crippen molar-refractivity contribution in [2.45, 2.75) is 39.3 Å². The molecule has 2 atom stereocenters. The Morgan fingerprint density at radius 2 is 2.24 bits per heavy atom. The van der Waals surface area contributed by atoms with Gasteiger partial charge >= 0.3 is 0 Å². The second-order valence-electron chi connectivity index (χ2n) is 6.04. The molecule has 2 N–H and O–H groups in total. The lowest BCUT2D eigenvalue weighted by Gasteiger charge is -2.34. The number of benzene rings is 1. The van der Waals surface area contributed by atoms with E-state index in [1.165, 1.54) is 11.1 Å². The van der Waals surface area contributed by atoms with Gasteiger partial charge in [0, 0.05) is 25.7 Å². The molecule has 1 aromatic carbocycles. The van der Waals surface area contributed by atoms with Crippen molar-refractivity contribution in [3.63, 3.8) is 0 Å². The summed E-state index contributed by atoms with van der Waals surface area (Å²) < 4.78 is 11.6. The highest BCUT2D eigenvalue weighted by molar-refractivity contribution is 5.35. The molecule has 4 heteroatoms. The minimum atomic E-state index is 0.0963. The van der Waals surface area contributed by atoms with E-state index >= 15 is 0 Å². The minimum Gasteiger partial charge on any atom is -0.493 e. The molecule has 0 amide bonds. The van der Waals surface area contributed by atoms with E-state index in [9.17, 15) is 0 Å². The molecular formula is C17H28N2O2. The summed E-state index contributed by atoms with van der Waals surface area (Å²) in [5.41, 5.74) is 8.35. The van der Waals surface area contributed by atoms with Crippen molar-refractivity contribution in [2.24, 2.45) is 5.73 Å². The van der Waals surface area contributed by atoms with Crippen LogP contribution in [-0.2, 0) is 4.74 Å². The van der Waals surface area contributed by atoms with Gasteiger partial charge in [-0.1, -0.05) is 12.1 Å². The second-order valence-corrected chi connectivity index (χ2v) is 6.04. The van der Waals surface area contributed by atoms with Gasteiger partial charge in [-0.2, -0.15) is 0 Å². The summed E-state index contributed by atoms with van der Waals surface area (Å²) in [5.74, 6) is 1.01. The van der Waals surface area contributed by atoms with Crippen molar-refractivity contribution in [2.75, 3.05) is 32.8 Å². The summed E-state index contributed by atoms with van der Waals surface area (Å²) in [6.45, 7) is 10.7. The van der Waals surface area contributed by atoms with Crippen LogP contribution < -0.4 is 10.5 Å². The van der Waals surface area contributed by atoms with Crippen molar-refractivity contribution >= 4 is 0 Å². The molecule has 0 aromatic heterocycles. The quantitative estimate of drug-likeness (QED) is 0.816.